The molecule has 3 N–H and O–H groups in total. The van der Waals surface area contributed by atoms with Crippen LogP contribution in [-0.2, 0) is 9.59 Å². The molecule has 0 aliphatic carbocycles. The molecule has 1 amide bonds. The van der Waals surface area contributed by atoms with E-state index in [9.17, 15) is 9.59 Å². The fraction of sp³-hybridized carbons (Fsp3) is 0.500. The highest BCUT2D eigenvalue weighted by molar-refractivity contribution is 6.38. The van der Waals surface area contributed by atoms with Crippen molar-refractivity contribution in [1.29, 1.82) is 0 Å². The normalized spacial score (nSPS) is 13.6. The van der Waals surface area contributed by atoms with Gasteiger partial charge in [0.1, 0.15) is 0 Å². The molecule has 4 nitrogen and oxygen atoms in total. The summed E-state index contributed by atoms with van der Waals surface area (Å²) in [7, 11) is 0. The SMILES string of the molecule is CCCC[C@H](N)C(=O)C(=O)N[C@@H](CC)c1ccccc1. The lowest BCUT2D eigenvalue weighted by molar-refractivity contribution is -0.139. The lowest BCUT2D eigenvalue weighted by Gasteiger charge is -2.18. The summed E-state index contributed by atoms with van der Waals surface area (Å²) < 4.78 is 0. The zero-order valence-electron chi connectivity index (χ0n) is 12.3. The fourth-order valence-corrected chi connectivity index (χ4v) is 2.06. The van der Waals surface area contributed by atoms with Gasteiger partial charge in [-0.25, -0.2) is 0 Å². The third-order valence-electron chi connectivity index (χ3n) is 3.34. The minimum atomic E-state index is -0.691. The quantitative estimate of drug-likeness (QED) is 0.716. The van der Waals surface area contributed by atoms with E-state index in [2.05, 4.69) is 5.32 Å². The number of nitrogens with two attached hydrogens (primary N) is 1. The molecule has 0 fully saturated rings. The second kappa shape index (κ2) is 8.48. The fourth-order valence-electron chi connectivity index (χ4n) is 2.06. The molecule has 0 radical (unpaired) electrons. The Balaban J connectivity index is 2.61. The second-order valence-electron chi connectivity index (χ2n) is 4.96. The monoisotopic (exact) mass is 276 g/mol. The Labute approximate surface area is 120 Å². The molecule has 1 rings (SSSR count). The van der Waals surface area contributed by atoms with Gasteiger partial charge in [0.15, 0.2) is 0 Å². The van der Waals surface area contributed by atoms with Crippen molar-refractivity contribution in [3.8, 4) is 0 Å². The van der Waals surface area contributed by atoms with Crippen LogP contribution in [0.15, 0.2) is 30.3 Å². The predicted molar refractivity (Wildman–Crippen MR) is 80.1 cm³/mol. The van der Waals surface area contributed by atoms with Crippen molar-refractivity contribution in [3.05, 3.63) is 35.9 Å². The van der Waals surface area contributed by atoms with E-state index >= 15 is 0 Å². The lowest BCUT2D eigenvalue weighted by atomic mass is 10.0. The highest BCUT2D eigenvalue weighted by Crippen LogP contribution is 2.15. The molecule has 0 bridgehead atoms. The first kappa shape index (κ1) is 16.4. The summed E-state index contributed by atoms with van der Waals surface area (Å²) in [4.78, 5) is 23.8. The van der Waals surface area contributed by atoms with Crippen LogP contribution in [0.1, 0.15) is 51.1 Å². The van der Waals surface area contributed by atoms with E-state index in [1.54, 1.807) is 0 Å². The van der Waals surface area contributed by atoms with E-state index < -0.39 is 17.7 Å². The highest BCUT2D eigenvalue weighted by atomic mass is 16.2. The predicted octanol–water partition coefficient (Wildman–Crippen LogP) is 2.34. The number of carbonyl (C=O) groups excluding carboxylic acids is 2. The van der Waals surface area contributed by atoms with Crippen molar-refractivity contribution in [3.63, 3.8) is 0 Å². The molecule has 20 heavy (non-hydrogen) atoms. The van der Waals surface area contributed by atoms with Crippen molar-refractivity contribution >= 4 is 11.7 Å². The van der Waals surface area contributed by atoms with Crippen molar-refractivity contribution in [1.82, 2.24) is 5.32 Å². The molecule has 0 unspecified atom stereocenters. The molecule has 0 saturated heterocycles. The minimum absolute atomic E-state index is 0.147. The van der Waals surface area contributed by atoms with Gasteiger partial charge in [-0.1, -0.05) is 57.0 Å². The smallest absolute Gasteiger partial charge is 0.289 e. The zero-order chi connectivity index (χ0) is 15.0. The van der Waals surface area contributed by atoms with Crippen molar-refractivity contribution < 1.29 is 9.59 Å². The molecule has 4 heteroatoms. The van der Waals surface area contributed by atoms with Crippen LogP contribution in [0.3, 0.4) is 0 Å². The van der Waals surface area contributed by atoms with Gasteiger partial charge in [-0.3, -0.25) is 9.59 Å². The zero-order valence-corrected chi connectivity index (χ0v) is 12.3. The summed E-state index contributed by atoms with van der Waals surface area (Å²) in [6.45, 7) is 4.00. The number of ketones is 1. The number of benzene rings is 1. The van der Waals surface area contributed by atoms with Crippen LogP contribution in [0.5, 0.6) is 0 Å². The Morgan fingerprint density at radius 2 is 1.85 bits per heavy atom. The Morgan fingerprint density at radius 3 is 2.40 bits per heavy atom. The van der Waals surface area contributed by atoms with E-state index in [1.807, 2.05) is 44.2 Å². The lowest BCUT2D eigenvalue weighted by Crippen LogP contribution is -2.43. The molecule has 110 valence electrons. The summed E-state index contributed by atoms with van der Waals surface area (Å²) in [5.74, 6) is -1.10. The van der Waals surface area contributed by atoms with Crippen molar-refractivity contribution in [2.45, 2.75) is 51.6 Å². The van der Waals surface area contributed by atoms with Gasteiger partial charge < -0.3 is 11.1 Å². The van der Waals surface area contributed by atoms with Gasteiger partial charge in [-0.15, -0.1) is 0 Å². The summed E-state index contributed by atoms with van der Waals surface area (Å²) in [6, 6.07) is 8.79. The van der Waals surface area contributed by atoms with Crippen LogP contribution < -0.4 is 11.1 Å². The maximum absolute atomic E-state index is 11.9. The van der Waals surface area contributed by atoms with Crippen LogP contribution in [0.25, 0.3) is 0 Å². The third kappa shape index (κ3) is 4.78. The Hall–Kier alpha value is -1.68. The van der Waals surface area contributed by atoms with Gasteiger partial charge in [0.05, 0.1) is 12.1 Å². The van der Waals surface area contributed by atoms with Crippen molar-refractivity contribution in [2.75, 3.05) is 0 Å². The molecule has 1 aromatic carbocycles. The maximum Gasteiger partial charge on any atom is 0.289 e. The molecule has 0 aliphatic heterocycles. The van der Waals surface area contributed by atoms with Gasteiger partial charge in [-0.05, 0) is 18.4 Å². The highest BCUT2D eigenvalue weighted by Gasteiger charge is 2.23. The standard InChI is InChI=1S/C16H24N2O2/c1-3-5-11-13(17)15(19)16(20)18-14(4-2)12-9-7-6-8-10-12/h6-10,13-14H,3-5,11,17H2,1-2H3,(H,18,20)/t13-,14-/m0/s1. The number of carbonyl (C=O) groups is 2. The maximum atomic E-state index is 11.9. The van der Waals surface area contributed by atoms with E-state index in [0.29, 0.717) is 6.42 Å². The number of hydrogen-bond acceptors (Lipinski definition) is 3. The summed E-state index contributed by atoms with van der Waals surface area (Å²) >= 11 is 0. The number of rotatable bonds is 8. The van der Waals surface area contributed by atoms with Crippen LogP contribution in [-0.4, -0.2) is 17.7 Å². The third-order valence-corrected chi connectivity index (χ3v) is 3.34. The number of unbranched alkanes of at least 4 members (excludes halogenated alkanes) is 1. The van der Waals surface area contributed by atoms with Crippen LogP contribution in [0.2, 0.25) is 0 Å². The molecule has 0 heterocycles. The second-order valence-corrected chi connectivity index (χ2v) is 4.96. The molecular weight excluding hydrogens is 252 g/mol. The van der Waals surface area contributed by atoms with Crippen molar-refractivity contribution in [2.24, 2.45) is 5.73 Å². The molecule has 0 aromatic heterocycles. The number of Topliss-reactive ketones (excluding diaryl/α,β-unsaturated/α-hetero) is 1. The van der Waals surface area contributed by atoms with Crippen LogP contribution >= 0.6 is 0 Å². The average Bonchev–Trinajstić information content (AvgIpc) is 2.49. The molecule has 0 spiro atoms. The van der Waals surface area contributed by atoms with Crippen LogP contribution in [0.4, 0.5) is 0 Å². The molecule has 2 atom stereocenters. The van der Waals surface area contributed by atoms with Gasteiger partial charge in [0, 0.05) is 0 Å². The first-order valence-corrected chi connectivity index (χ1v) is 7.25. The van der Waals surface area contributed by atoms with Crippen LogP contribution in [0, 0.1) is 0 Å². The number of nitrogens with one attached hydrogen (secondary N) is 1. The van der Waals surface area contributed by atoms with Gasteiger partial charge in [0.25, 0.3) is 5.91 Å². The Kier molecular flexibility index (Phi) is 6.94. The van der Waals surface area contributed by atoms with Gasteiger partial charge >= 0.3 is 0 Å². The van der Waals surface area contributed by atoms with Gasteiger partial charge in [-0.2, -0.15) is 0 Å². The minimum Gasteiger partial charge on any atom is -0.343 e. The largest absolute Gasteiger partial charge is 0.343 e. The van der Waals surface area contributed by atoms with E-state index in [4.69, 9.17) is 5.73 Å². The first-order chi connectivity index (χ1) is 9.60. The molecule has 1 aromatic rings. The molecule has 0 saturated carbocycles. The molecular formula is C16H24N2O2. The Bertz CT molecular complexity index is 431. The average molecular weight is 276 g/mol. The van der Waals surface area contributed by atoms with Gasteiger partial charge in [0.2, 0.25) is 5.78 Å². The Morgan fingerprint density at radius 1 is 1.20 bits per heavy atom. The summed E-state index contributed by atoms with van der Waals surface area (Å²) in [6.07, 6.45) is 3.11. The summed E-state index contributed by atoms with van der Waals surface area (Å²) in [5, 5.41) is 2.77. The van der Waals surface area contributed by atoms with E-state index in [0.717, 1.165) is 24.8 Å². The summed E-state index contributed by atoms with van der Waals surface area (Å²) in [5.41, 5.74) is 6.75. The van der Waals surface area contributed by atoms with E-state index in [-0.39, 0.29) is 6.04 Å². The number of amides is 1. The first-order valence-electron chi connectivity index (χ1n) is 7.25. The topological polar surface area (TPSA) is 72.2 Å². The van der Waals surface area contributed by atoms with E-state index in [1.165, 1.54) is 0 Å². The molecule has 0 aliphatic rings. The number of hydrogen-bond donors (Lipinski definition) is 2.